The van der Waals surface area contributed by atoms with Crippen molar-refractivity contribution in [2.75, 3.05) is 39.9 Å². The number of benzene rings is 2. The average Bonchev–Trinajstić information content (AvgIpc) is 3.35. The highest BCUT2D eigenvalue weighted by molar-refractivity contribution is 6.05. The third kappa shape index (κ3) is 5.80. The highest BCUT2D eigenvalue weighted by Crippen LogP contribution is 2.32. The number of likely N-dealkylation sites (tertiary alicyclic amines) is 1. The Bertz CT molecular complexity index is 1130. The molecule has 0 radical (unpaired) electrons. The molecular weight excluding hydrogens is 440 g/mol. The highest BCUT2D eigenvalue weighted by atomic mass is 16.5. The van der Waals surface area contributed by atoms with Gasteiger partial charge in [-0.3, -0.25) is 9.59 Å². The number of nitrogens with two attached hydrogens (primary N) is 1. The normalized spacial score (nSPS) is 15.2. The van der Waals surface area contributed by atoms with Crippen molar-refractivity contribution in [3.8, 4) is 11.1 Å². The van der Waals surface area contributed by atoms with E-state index in [1.165, 1.54) is 0 Å². The van der Waals surface area contributed by atoms with Gasteiger partial charge in [-0.15, -0.1) is 0 Å². The predicted octanol–water partition coefficient (Wildman–Crippen LogP) is 4.25. The molecule has 0 atom stereocenters. The molecule has 0 aliphatic carbocycles. The molecule has 0 spiro atoms. The molecule has 7 heteroatoms. The van der Waals surface area contributed by atoms with Gasteiger partial charge in [0.25, 0.3) is 5.91 Å². The first-order valence-corrected chi connectivity index (χ1v) is 12.4. The summed E-state index contributed by atoms with van der Waals surface area (Å²) in [6, 6.07) is 13.7. The lowest BCUT2D eigenvalue weighted by Gasteiger charge is -2.23. The topological polar surface area (TPSA) is 88.2 Å². The van der Waals surface area contributed by atoms with Crippen molar-refractivity contribution in [3.05, 3.63) is 59.2 Å². The molecule has 1 saturated heterocycles. The molecule has 35 heavy (non-hydrogen) atoms. The van der Waals surface area contributed by atoms with Crippen LogP contribution in [0.2, 0.25) is 0 Å². The first kappa shape index (κ1) is 24.7. The van der Waals surface area contributed by atoms with E-state index >= 15 is 0 Å². The summed E-state index contributed by atoms with van der Waals surface area (Å²) < 4.78 is 5.18. The van der Waals surface area contributed by atoms with E-state index in [1.807, 2.05) is 58.3 Å². The summed E-state index contributed by atoms with van der Waals surface area (Å²) in [5, 5.41) is 0. The predicted molar refractivity (Wildman–Crippen MR) is 140 cm³/mol. The summed E-state index contributed by atoms with van der Waals surface area (Å²) >= 11 is 0. The van der Waals surface area contributed by atoms with Crippen LogP contribution in [0.1, 0.15) is 48.5 Å². The number of aliphatic imine (C=N–C) groups is 1. The Labute approximate surface area is 207 Å². The Morgan fingerprint density at radius 3 is 2.46 bits per heavy atom. The van der Waals surface area contributed by atoms with E-state index < -0.39 is 0 Å². The van der Waals surface area contributed by atoms with Crippen LogP contribution in [0, 0.1) is 0 Å². The fourth-order valence-corrected chi connectivity index (χ4v) is 4.61. The third-order valence-electron chi connectivity index (χ3n) is 6.48. The zero-order chi connectivity index (χ0) is 24.8. The van der Waals surface area contributed by atoms with Gasteiger partial charge in [-0.25, -0.2) is 4.99 Å². The van der Waals surface area contributed by atoms with Crippen molar-refractivity contribution in [1.82, 2.24) is 9.80 Å². The molecule has 1 fully saturated rings. The summed E-state index contributed by atoms with van der Waals surface area (Å²) in [5.41, 5.74) is 11.1. The van der Waals surface area contributed by atoms with Gasteiger partial charge in [-0.2, -0.15) is 0 Å². The Kier molecular flexibility index (Phi) is 7.98. The summed E-state index contributed by atoms with van der Waals surface area (Å²) in [5.74, 6) is 0.478. The number of carbonyl (C=O) groups excluding carboxylic acids is 2. The number of carbonyl (C=O) groups is 2. The number of rotatable bonds is 8. The van der Waals surface area contributed by atoms with Crippen LogP contribution in [0.5, 0.6) is 0 Å². The number of amidine groups is 1. The smallest absolute Gasteiger partial charge is 0.253 e. The lowest BCUT2D eigenvalue weighted by Crippen LogP contribution is -2.36. The fraction of sp³-hybridized carbons (Fsp3) is 0.393. The van der Waals surface area contributed by atoms with Crippen LogP contribution in [0.3, 0.4) is 0 Å². The Morgan fingerprint density at radius 1 is 1.06 bits per heavy atom. The van der Waals surface area contributed by atoms with Crippen LogP contribution < -0.4 is 5.73 Å². The minimum absolute atomic E-state index is 0.0303. The molecule has 4 rings (SSSR count). The van der Waals surface area contributed by atoms with Crippen molar-refractivity contribution in [2.24, 2.45) is 10.7 Å². The summed E-state index contributed by atoms with van der Waals surface area (Å²) in [6.45, 7) is 5.43. The fourth-order valence-electron chi connectivity index (χ4n) is 4.61. The largest absolute Gasteiger partial charge is 0.387 e. The van der Waals surface area contributed by atoms with E-state index in [1.54, 1.807) is 7.11 Å². The van der Waals surface area contributed by atoms with Crippen LogP contribution in [-0.4, -0.2) is 67.3 Å². The molecule has 0 saturated carbocycles. The van der Waals surface area contributed by atoms with Crippen molar-refractivity contribution in [3.63, 3.8) is 0 Å². The first-order valence-electron chi connectivity index (χ1n) is 12.4. The number of nitrogens with zero attached hydrogens (tertiary/aromatic N) is 3. The molecule has 0 bridgehead atoms. The number of amides is 2. The van der Waals surface area contributed by atoms with E-state index in [4.69, 9.17) is 10.5 Å². The van der Waals surface area contributed by atoms with Gasteiger partial charge in [0.2, 0.25) is 5.91 Å². The second kappa shape index (κ2) is 11.3. The molecule has 2 N–H and O–H groups in total. The molecule has 2 amide bonds. The maximum atomic E-state index is 13.2. The molecule has 184 valence electrons. The molecule has 2 aromatic carbocycles. The van der Waals surface area contributed by atoms with Crippen molar-refractivity contribution < 1.29 is 14.3 Å². The summed E-state index contributed by atoms with van der Waals surface area (Å²) in [6.07, 6.45) is 5.23. The van der Waals surface area contributed by atoms with Gasteiger partial charge in [-0.05, 0) is 54.7 Å². The number of hydrogen-bond donors (Lipinski definition) is 1. The lowest BCUT2D eigenvalue weighted by atomic mass is 9.99. The van der Waals surface area contributed by atoms with Crippen LogP contribution in [0.25, 0.3) is 17.2 Å². The summed E-state index contributed by atoms with van der Waals surface area (Å²) in [4.78, 5) is 34.2. The van der Waals surface area contributed by atoms with E-state index in [-0.39, 0.29) is 11.8 Å². The molecule has 2 heterocycles. The molecule has 0 unspecified atom stereocenters. The molecular formula is C28H34N4O3. The Hall–Kier alpha value is -3.45. The SMILES string of the molecule is CCCN(CCOC)C(=O)C1=Cc2ccc(-c3ccc(C(=O)N4CCCC4)cc3)cc2N=C(N)C1. The zero-order valence-electron chi connectivity index (χ0n) is 20.6. The van der Waals surface area contributed by atoms with Gasteiger partial charge in [-0.1, -0.05) is 31.2 Å². The third-order valence-corrected chi connectivity index (χ3v) is 6.48. The van der Waals surface area contributed by atoms with Gasteiger partial charge in [0, 0.05) is 56.4 Å². The van der Waals surface area contributed by atoms with Crippen LogP contribution in [0.15, 0.2) is 53.0 Å². The minimum Gasteiger partial charge on any atom is -0.387 e. The van der Waals surface area contributed by atoms with Crippen LogP contribution in [0.4, 0.5) is 5.69 Å². The number of fused-ring (bicyclic) bond motifs is 1. The quantitative estimate of drug-likeness (QED) is 0.620. The second-order valence-electron chi connectivity index (χ2n) is 9.08. The van der Waals surface area contributed by atoms with Gasteiger partial charge in [0.1, 0.15) is 5.84 Å². The minimum atomic E-state index is -0.0303. The Morgan fingerprint density at radius 2 is 1.77 bits per heavy atom. The maximum absolute atomic E-state index is 13.2. The molecule has 2 aromatic rings. The van der Waals surface area contributed by atoms with E-state index in [2.05, 4.69) is 11.9 Å². The average molecular weight is 475 g/mol. The molecule has 0 aromatic heterocycles. The van der Waals surface area contributed by atoms with Crippen molar-refractivity contribution >= 4 is 29.4 Å². The number of ether oxygens (including phenoxy) is 1. The summed E-state index contributed by atoms with van der Waals surface area (Å²) in [7, 11) is 1.64. The molecule has 2 aliphatic rings. The van der Waals surface area contributed by atoms with Gasteiger partial charge in [0.15, 0.2) is 0 Å². The Balaban J connectivity index is 1.57. The monoisotopic (exact) mass is 474 g/mol. The standard InChI is InChI=1S/C28H34N4O3/c1-3-12-31(15-16-35-2)28(34)24-17-23-11-10-22(18-25(23)30-26(29)19-24)20-6-8-21(9-7-20)27(33)32-13-4-5-14-32/h6-11,17-18H,3-5,12-16,19H2,1-2H3,(H2,29,30). The molecule has 2 aliphatic heterocycles. The lowest BCUT2D eigenvalue weighted by molar-refractivity contribution is -0.127. The maximum Gasteiger partial charge on any atom is 0.253 e. The van der Waals surface area contributed by atoms with E-state index in [0.29, 0.717) is 43.1 Å². The van der Waals surface area contributed by atoms with Crippen molar-refractivity contribution in [2.45, 2.75) is 32.6 Å². The van der Waals surface area contributed by atoms with Gasteiger partial charge in [0.05, 0.1) is 12.3 Å². The van der Waals surface area contributed by atoms with E-state index in [0.717, 1.165) is 54.7 Å². The highest BCUT2D eigenvalue weighted by Gasteiger charge is 2.22. The number of methoxy groups -OCH3 is 1. The first-order chi connectivity index (χ1) is 17.0. The second-order valence-corrected chi connectivity index (χ2v) is 9.08. The van der Waals surface area contributed by atoms with Gasteiger partial charge >= 0.3 is 0 Å². The zero-order valence-corrected chi connectivity index (χ0v) is 20.6. The van der Waals surface area contributed by atoms with Crippen LogP contribution >= 0.6 is 0 Å². The van der Waals surface area contributed by atoms with Crippen molar-refractivity contribution in [1.29, 1.82) is 0 Å². The van der Waals surface area contributed by atoms with Gasteiger partial charge < -0.3 is 20.3 Å². The van der Waals surface area contributed by atoms with E-state index in [9.17, 15) is 9.59 Å². The number of hydrogen-bond acceptors (Lipinski definition) is 5. The van der Waals surface area contributed by atoms with Crippen LogP contribution in [-0.2, 0) is 9.53 Å². The molecule has 7 nitrogen and oxygen atoms in total.